The van der Waals surface area contributed by atoms with Gasteiger partial charge in [0.1, 0.15) is 10.6 Å². The van der Waals surface area contributed by atoms with Crippen LogP contribution in [0.1, 0.15) is 6.92 Å². The Kier molecular flexibility index (Phi) is 6.16. The van der Waals surface area contributed by atoms with Gasteiger partial charge in [0.2, 0.25) is 5.91 Å². The molecule has 1 amide bonds. The van der Waals surface area contributed by atoms with E-state index in [1.54, 1.807) is 0 Å². The van der Waals surface area contributed by atoms with E-state index in [-0.39, 0.29) is 22.0 Å². The van der Waals surface area contributed by atoms with E-state index in [1.165, 1.54) is 56.5 Å². The van der Waals surface area contributed by atoms with Crippen molar-refractivity contribution in [3.63, 3.8) is 0 Å². The van der Waals surface area contributed by atoms with Gasteiger partial charge in [0.25, 0.3) is 10.0 Å². The Balaban J connectivity index is 2.21. The molecule has 0 spiro atoms. The minimum atomic E-state index is -4.44. The molecule has 4 N–H and O–H groups in total. The molecular formula is C19H23N3O7S2. The second-order valence-electron chi connectivity index (χ2n) is 7.15. The lowest BCUT2D eigenvalue weighted by atomic mass is 10.2. The van der Waals surface area contributed by atoms with Crippen molar-refractivity contribution < 1.29 is 31.5 Å². The molecule has 1 saturated heterocycles. The number of nitrogens with zero attached hydrogens (tertiary/aromatic N) is 1. The van der Waals surface area contributed by atoms with Gasteiger partial charge in [-0.25, -0.2) is 16.8 Å². The molecule has 168 valence electrons. The van der Waals surface area contributed by atoms with Gasteiger partial charge < -0.3 is 20.9 Å². The number of carbonyl (C=O) groups excluding carboxylic acids is 1. The lowest BCUT2D eigenvalue weighted by molar-refractivity contribution is -0.114. The number of amides is 1. The zero-order valence-electron chi connectivity index (χ0n) is 16.8. The van der Waals surface area contributed by atoms with Gasteiger partial charge in [-0.15, -0.1) is 0 Å². The summed E-state index contributed by atoms with van der Waals surface area (Å²) in [7, 11) is -6.81. The van der Waals surface area contributed by atoms with Gasteiger partial charge in [0, 0.05) is 18.3 Å². The molecule has 2 aromatic carbocycles. The number of benzene rings is 2. The first-order valence-corrected chi connectivity index (χ1v) is 12.4. The number of nitrogens with two attached hydrogens (primary N) is 1. The summed E-state index contributed by atoms with van der Waals surface area (Å²) in [5, 5.41) is 12.9. The van der Waals surface area contributed by atoms with Crippen LogP contribution in [0.3, 0.4) is 0 Å². The standard InChI is InChI=1S/C19H23N3O7S2/c1-12(23)21-14-5-8-18(29-2)19(9-14)31(27,28)22(15-6-3-13(20)4-7-15)16-10-30(25,26)11-17(16)24/h3-9,16-17,24H,10-11,20H2,1-2H3,(H,21,23)/t16-,17+/m0/s1. The number of aliphatic hydroxyl groups is 1. The molecule has 1 aliphatic rings. The van der Waals surface area contributed by atoms with Crippen LogP contribution in [-0.2, 0) is 24.7 Å². The Morgan fingerprint density at radius 2 is 1.84 bits per heavy atom. The Bertz CT molecular complexity index is 1200. The molecule has 0 saturated carbocycles. The molecule has 10 nitrogen and oxygen atoms in total. The predicted molar refractivity (Wildman–Crippen MR) is 116 cm³/mol. The van der Waals surface area contributed by atoms with E-state index in [0.717, 1.165) is 4.31 Å². The topological polar surface area (TPSA) is 156 Å². The van der Waals surface area contributed by atoms with E-state index in [0.29, 0.717) is 5.69 Å². The number of nitrogen functional groups attached to an aromatic ring is 1. The van der Waals surface area contributed by atoms with Crippen molar-refractivity contribution in [1.82, 2.24) is 0 Å². The molecule has 12 heteroatoms. The van der Waals surface area contributed by atoms with Gasteiger partial charge in [-0.05, 0) is 42.5 Å². The quantitative estimate of drug-likeness (QED) is 0.519. The number of sulfone groups is 1. The number of anilines is 3. The summed E-state index contributed by atoms with van der Waals surface area (Å²) in [6.45, 7) is 1.28. The fraction of sp³-hybridized carbons (Fsp3) is 0.316. The summed E-state index contributed by atoms with van der Waals surface area (Å²) >= 11 is 0. The van der Waals surface area contributed by atoms with E-state index < -0.39 is 49.4 Å². The van der Waals surface area contributed by atoms with Gasteiger partial charge in [0.05, 0.1) is 36.4 Å². The SMILES string of the molecule is COc1ccc(NC(C)=O)cc1S(=O)(=O)N(c1ccc(N)cc1)[C@H]1CS(=O)(=O)C[C@H]1O. The Morgan fingerprint density at radius 3 is 2.35 bits per heavy atom. The minimum Gasteiger partial charge on any atom is -0.495 e. The average Bonchev–Trinajstić information content (AvgIpc) is 2.94. The van der Waals surface area contributed by atoms with Crippen LogP contribution < -0.4 is 20.1 Å². The molecule has 1 aliphatic heterocycles. The molecule has 1 heterocycles. The van der Waals surface area contributed by atoms with Gasteiger partial charge >= 0.3 is 0 Å². The van der Waals surface area contributed by atoms with Crippen LogP contribution in [0, 0.1) is 0 Å². The highest BCUT2D eigenvalue weighted by Gasteiger charge is 2.45. The smallest absolute Gasteiger partial charge is 0.268 e. The summed E-state index contributed by atoms with van der Waals surface area (Å²) < 4.78 is 57.9. The maximum atomic E-state index is 13.8. The van der Waals surface area contributed by atoms with Crippen molar-refractivity contribution in [2.75, 3.05) is 34.0 Å². The molecular weight excluding hydrogens is 446 g/mol. The summed E-state index contributed by atoms with van der Waals surface area (Å²) in [6, 6.07) is 8.60. The first-order valence-electron chi connectivity index (χ1n) is 9.19. The van der Waals surface area contributed by atoms with E-state index >= 15 is 0 Å². The van der Waals surface area contributed by atoms with Crippen LogP contribution in [-0.4, -0.2) is 58.6 Å². The Morgan fingerprint density at radius 1 is 1.19 bits per heavy atom. The van der Waals surface area contributed by atoms with E-state index in [1.807, 2.05) is 0 Å². The Hall–Kier alpha value is -2.83. The maximum Gasteiger partial charge on any atom is 0.268 e. The first kappa shape index (κ1) is 22.8. The summed E-state index contributed by atoms with van der Waals surface area (Å²) in [5.74, 6) is -1.51. The number of nitrogens with one attached hydrogen (secondary N) is 1. The highest BCUT2D eigenvalue weighted by atomic mass is 32.2. The third-order valence-electron chi connectivity index (χ3n) is 4.76. The zero-order chi connectivity index (χ0) is 23.0. The number of aliphatic hydroxyl groups excluding tert-OH is 1. The molecule has 0 radical (unpaired) electrons. The largest absolute Gasteiger partial charge is 0.495 e. The van der Waals surface area contributed by atoms with Gasteiger partial charge in [-0.3, -0.25) is 9.10 Å². The average molecular weight is 470 g/mol. The van der Waals surface area contributed by atoms with Crippen LogP contribution in [0.15, 0.2) is 47.4 Å². The molecule has 0 aliphatic carbocycles. The molecule has 0 aromatic heterocycles. The van der Waals surface area contributed by atoms with E-state index in [2.05, 4.69) is 5.32 Å². The third-order valence-corrected chi connectivity index (χ3v) is 8.34. The van der Waals surface area contributed by atoms with E-state index in [9.17, 15) is 26.7 Å². The minimum absolute atomic E-state index is 0.00936. The van der Waals surface area contributed by atoms with Crippen molar-refractivity contribution in [3.8, 4) is 5.75 Å². The maximum absolute atomic E-state index is 13.8. The number of hydrogen-bond acceptors (Lipinski definition) is 8. The zero-order valence-corrected chi connectivity index (χ0v) is 18.5. The third kappa shape index (κ3) is 4.75. The molecule has 1 fully saturated rings. The molecule has 0 bridgehead atoms. The van der Waals surface area contributed by atoms with Crippen molar-refractivity contribution >= 4 is 42.8 Å². The fourth-order valence-corrected chi connectivity index (χ4v) is 7.16. The highest BCUT2D eigenvalue weighted by Crippen LogP contribution is 2.36. The summed E-state index contributed by atoms with van der Waals surface area (Å²) in [6.07, 6.45) is -1.43. The monoisotopic (exact) mass is 469 g/mol. The van der Waals surface area contributed by atoms with Crippen LogP contribution in [0.2, 0.25) is 0 Å². The normalized spacial score (nSPS) is 20.2. The molecule has 3 rings (SSSR count). The molecule has 31 heavy (non-hydrogen) atoms. The van der Waals surface area contributed by atoms with Crippen LogP contribution in [0.25, 0.3) is 0 Å². The fourth-order valence-electron chi connectivity index (χ4n) is 3.43. The predicted octanol–water partition coefficient (Wildman–Crippen LogP) is 0.589. The van der Waals surface area contributed by atoms with Crippen molar-refractivity contribution in [1.29, 1.82) is 0 Å². The number of hydrogen-bond donors (Lipinski definition) is 3. The lowest BCUT2D eigenvalue weighted by Gasteiger charge is -2.32. The van der Waals surface area contributed by atoms with Crippen LogP contribution >= 0.6 is 0 Å². The number of carbonyl (C=O) groups is 1. The lowest BCUT2D eigenvalue weighted by Crippen LogP contribution is -2.47. The van der Waals surface area contributed by atoms with Gasteiger partial charge in [-0.2, -0.15) is 0 Å². The number of methoxy groups -OCH3 is 1. The van der Waals surface area contributed by atoms with E-state index in [4.69, 9.17) is 10.5 Å². The van der Waals surface area contributed by atoms with Gasteiger partial charge in [-0.1, -0.05) is 0 Å². The van der Waals surface area contributed by atoms with Crippen molar-refractivity contribution in [2.45, 2.75) is 24.0 Å². The number of rotatable bonds is 6. The Labute approximate surface area is 180 Å². The van der Waals surface area contributed by atoms with Crippen LogP contribution in [0.5, 0.6) is 5.75 Å². The molecule has 2 atom stereocenters. The second kappa shape index (κ2) is 8.36. The van der Waals surface area contributed by atoms with Crippen molar-refractivity contribution in [3.05, 3.63) is 42.5 Å². The highest BCUT2D eigenvalue weighted by molar-refractivity contribution is 7.93. The summed E-state index contributed by atoms with van der Waals surface area (Å²) in [5.41, 5.74) is 6.43. The molecule has 2 aromatic rings. The molecule has 0 unspecified atom stereocenters. The first-order chi connectivity index (χ1) is 14.4. The second-order valence-corrected chi connectivity index (χ2v) is 11.1. The van der Waals surface area contributed by atoms with Gasteiger partial charge in [0.15, 0.2) is 9.84 Å². The summed E-state index contributed by atoms with van der Waals surface area (Å²) in [4.78, 5) is 11.1. The van der Waals surface area contributed by atoms with Crippen molar-refractivity contribution in [2.24, 2.45) is 0 Å². The number of sulfonamides is 1. The van der Waals surface area contributed by atoms with Crippen LogP contribution in [0.4, 0.5) is 17.1 Å². The number of ether oxygens (including phenoxy) is 1.